The van der Waals surface area contributed by atoms with Crippen molar-refractivity contribution in [2.24, 2.45) is 11.8 Å². The van der Waals surface area contributed by atoms with Crippen molar-refractivity contribution in [3.05, 3.63) is 28.5 Å². The zero-order valence-corrected chi connectivity index (χ0v) is 11.1. The van der Waals surface area contributed by atoms with E-state index in [0.29, 0.717) is 22.6 Å². The van der Waals surface area contributed by atoms with Crippen LogP contribution in [0.25, 0.3) is 0 Å². The van der Waals surface area contributed by atoms with Crippen LogP contribution < -0.4 is 10.6 Å². The Morgan fingerprint density at radius 1 is 1.53 bits per heavy atom. The summed E-state index contributed by atoms with van der Waals surface area (Å²) in [6.45, 7) is 3.57. The number of rotatable bonds is 2. The predicted molar refractivity (Wildman–Crippen MR) is 68.3 cm³/mol. The van der Waals surface area contributed by atoms with Gasteiger partial charge in [0.1, 0.15) is 5.82 Å². The molecule has 0 spiro atoms. The minimum absolute atomic E-state index is 0.0401. The normalized spacial score (nSPS) is 23.7. The van der Waals surface area contributed by atoms with E-state index in [0.717, 1.165) is 6.54 Å². The fourth-order valence-electron chi connectivity index (χ4n) is 1.97. The number of hydrogen-bond donors (Lipinski definition) is 2. The SMILES string of the molecule is C[C@@H]1CNC[C@H]1C(=O)Nc1ccc(Br)c(F)c1. The van der Waals surface area contributed by atoms with Crippen molar-refractivity contribution in [2.45, 2.75) is 6.92 Å². The summed E-state index contributed by atoms with van der Waals surface area (Å²) >= 11 is 3.07. The molecule has 2 N–H and O–H groups in total. The Morgan fingerprint density at radius 3 is 2.88 bits per heavy atom. The van der Waals surface area contributed by atoms with Crippen molar-refractivity contribution in [3.63, 3.8) is 0 Å². The molecule has 0 unspecified atom stereocenters. The summed E-state index contributed by atoms with van der Waals surface area (Å²) in [6.07, 6.45) is 0. The molecule has 0 aliphatic carbocycles. The highest BCUT2D eigenvalue weighted by Crippen LogP contribution is 2.22. The summed E-state index contributed by atoms with van der Waals surface area (Å²) in [4.78, 5) is 11.9. The largest absolute Gasteiger partial charge is 0.326 e. The van der Waals surface area contributed by atoms with Gasteiger partial charge in [-0.25, -0.2) is 4.39 Å². The van der Waals surface area contributed by atoms with Gasteiger partial charge in [-0.05, 0) is 46.6 Å². The fourth-order valence-corrected chi connectivity index (χ4v) is 2.22. The third kappa shape index (κ3) is 2.84. The molecule has 1 aromatic rings. The van der Waals surface area contributed by atoms with Crippen molar-refractivity contribution < 1.29 is 9.18 Å². The molecule has 0 radical (unpaired) electrons. The molecule has 0 saturated carbocycles. The van der Waals surface area contributed by atoms with Crippen LogP contribution in [0, 0.1) is 17.7 Å². The highest BCUT2D eigenvalue weighted by atomic mass is 79.9. The minimum Gasteiger partial charge on any atom is -0.326 e. The van der Waals surface area contributed by atoms with Crippen LogP contribution in [0.3, 0.4) is 0 Å². The lowest BCUT2D eigenvalue weighted by Crippen LogP contribution is -2.27. The number of carbonyl (C=O) groups is 1. The van der Waals surface area contributed by atoms with Crippen LogP contribution in [-0.2, 0) is 4.79 Å². The molecule has 3 nitrogen and oxygen atoms in total. The molecule has 2 rings (SSSR count). The van der Waals surface area contributed by atoms with E-state index in [2.05, 4.69) is 26.6 Å². The first-order valence-corrected chi connectivity index (χ1v) is 6.34. The van der Waals surface area contributed by atoms with Crippen LogP contribution in [0.5, 0.6) is 0 Å². The van der Waals surface area contributed by atoms with Crippen LogP contribution in [0.15, 0.2) is 22.7 Å². The van der Waals surface area contributed by atoms with Crippen LogP contribution in [-0.4, -0.2) is 19.0 Å². The first-order chi connectivity index (χ1) is 8.08. The van der Waals surface area contributed by atoms with Crippen molar-refractivity contribution in [3.8, 4) is 0 Å². The first-order valence-electron chi connectivity index (χ1n) is 5.54. The molecule has 1 saturated heterocycles. The molecular formula is C12H14BrFN2O. The molecule has 17 heavy (non-hydrogen) atoms. The monoisotopic (exact) mass is 300 g/mol. The van der Waals surface area contributed by atoms with Crippen molar-refractivity contribution in [1.29, 1.82) is 0 Å². The van der Waals surface area contributed by atoms with Gasteiger partial charge in [0.15, 0.2) is 0 Å². The van der Waals surface area contributed by atoms with Crippen LogP contribution in [0.4, 0.5) is 10.1 Å². The third-order valence-electron chi connectivity index (χ3n) is 3.04. The molecule has 1 aromatic carbocycles. The van der Waals surface area contributed by atoms with E-state index >= 15 is 0 Å². The topological polar surface area (TPSA) is 41.1 Å². The van der Waals surface area contributed by atoms with Gasteiger partial charge in [-0.15, -0.1) is 0 Å². The summed E-state index contributed by atoms with van der Waals surface area (Å²) in [5, 5.41) is 5.91. The Balaban J connectivity index is 2.05. The lowest BCUT2D eigenvalue weighted by atomic mass is 9.97. The van der Waals surface area contributed by atoms with Gasteiger partial charge in [0.25, 0.3) is 0 Å². The summed E-state index contributed by atoms with van der Waals surface area (Å²) in [5.74, 6) is -0.151. The van der Waals surface area contributed by atoms with E-state index in [1.54, 1.807) is 12.1 Å². The molecule has 0 aromatic heterocycles. The Labute approximate surface area is 108 Å². The number of anilines is 1. The van der Waals surface area contributed by atoms with Crippen LogP contribution in [0.2, 0.25) is 0 Å². The molecule has 0 bridgehead atoms. The summed E-state index contributed by atoms with van der Waals surface area (Å²) < 4.78 is 13.7. The minimum atomic E-state index is -0.375. The number of hydrogen-bond acceptors (Lipinski definition) is 2. The molecular weight excluding hydrogens is 287 g/mol. The first kappa shape index (κ1) is 12.5. The van der Waals surface area contributed by atoms with E-state index in [1.807, 2.05) is 6.92 Å². The fraction of sp³-hybridized carbons (Fsp3) is 0.417. The lowest BCUT2D eigenvalue weighted by molar-refractivity contribution is -0.120. The lowest BCUT2D eigenvalue weighted by Gasteiger charge is -2.14. The molecule has 1 aliphatic heterocycles. The maximum absolute atomic E-state index is 13.3. The second-order valence-electron chi connectivity index (χ2n) is 4.36. The van der Waals surface area contributed by atoms with Gasteiger partial charge in [0.05, 0.1) is 10.4 Å². The average molecular weight is 301 g/mol. The van der Waals surface area contributed by atoms with Gasteiger partial charge in [-0.3, -0.25) is 4.79 Å². The van der Waals surface area contributed by atoms with E-state index in [9.17, 15) is 9.18 Å². The summed E-state index contributed by atoms with van der Waals surface area (Å²) in [6, 6.07) is 4.58. The van der Waals surface area contributed by atoms with Gasteiger partial charge in [0.2, 0.25) is 5.91 Å². The second-order valence-corrected chi connectivity index (χ2v) is 5.21. The quantitative estimate of drug-likeness (QED) is 0.880. The Kier molecular flexibility index (Phi) is 3.79. The Bertz CT molecular complexity index is 439. The highest BCUT2D eigenvalue weighted by molar-refractivity contribution is 9.10. The predicted octanol–water partition coefficient (Wildman–Crippen LogP) is 2.38. The zero-order chi connectivity index (χ0) is 12.4. The van der Waals surface area contributed by atoms with Crippen LogP contribution in [0.1, 0.15) is 6.92 Å². The van der Waals surface area contributed by atoms with E-state index in [1.165, 1.54) is 6.07 Å². The van der Waals surface area contributed by atoms with Gasteiger partial charge in [-0.2, -0.15) is 0 Å². The standard InChI is InChI=1S/C12H14BrFN2O/c1-7-5-15-6-9(7)12(17)16-8-2-3-10(13)11(14)4-8/h2-4,7,9,15H,5-6H2,1H3,(H,16,17)/t7-,9-/m1/s1. The van der Waals surface area contributed by atoms with Crippen molar-refractivity contribution in [1.82, 2.24) is 5.32 Å². The summed E-state index contributed by atoms with van der Waals surface area (Å²) in [7, 11) is 0. The highest BCUT2D eigenvalue weighted by Gasteiger charge is 2.29. The van der Waals surface area contributed by atoms with E-state index in [-0.39, 0.29) is 17.6 Å². The molecule has 1 heterocycles. The van der Waals surface area contributed by atoms with E-state index < -0.39 is 0 Å². The van der Waals surface area contributed by atoms with Gasteiger partial charge in [-0.1, -0.05) is 6.92 Å². The number of benzene rings is 1. The van der Waals surface area contributed by atoms with Crippen molar-refractivity contribution in [2.75, 3.05) is 18.4 Å². The molecule has 1 amide bonds. The van der Waals surface area contributed by atoms with Crippen molar-refractivity contribution >= 4 is 27.5 Å². The third-order valence-corrected chi connectivity index (χ3v) is 3.68. The smallest absolute Gasteiger partial charge is 0.229 e. The number of nitrogens with one attached hydrogen (secondary N) is 2. The summed E-state index contributed by atoms with van der Waals surface area (Å²) in [5.41, 5.74) is 0.495. The molecule has 1 fully saturated rings. The van der Waals surface area contributed by atoms with Gasteiger partial charge >= 0.3 is 0 Å². The molecule has 5 heteroatoms. The number of carbonyl (C=O) groups excluding carboxylic acids is 1. The van der Waals surface area contributed by atoms with E-state index in [4.69, 9.17) is 0 Å². The zero-order valence-electron chi connectivity index (χ0n) is 9.47. The maximum atomic E-state index is 13.3. The maximum Gasteiger partial charge on any atom is 0.229 e. The molecule has 1 aliphatic rings. The average Bonchev–Trinajstić information content (AvgIpc) is 2.70. The van der Waals surface area contributed by atoms with Gasteiger partial charge in [0, 0.05) is 12.2 Å². The molecule has 92 valence electrons. The second kappa shape index (κ2) is 5.14. The Morgan fingerprint density at radius 2 is 2.29 bits per heavy atom. The van der Waals surface area contributed by atoms with Gasteiger partial charge < -0.3 is 10.6 Å². The number of halogens is 2. The molecule has 2 atom stereocenters. The Hall–Kier alpha value is -0.940. The van der Waals surface area contributed by atoms with Crippen LogP contribution >= 0.6 is 15.9 Å². The number of amides is 1.